The van der Waals surface area contributed by atoms with Crippen LogP contribution in [0.5, 0.6) is 0 Å². The van der Waals surface area contributed by atoms with Crippen LogP contribution in [-0.2, 0) is 112 Å². The number of rotatable bonds is 11. The van der Waals surface area contributed by atoms with Gasteiger partial charge in [-0.25, -0.2) is 9.36 Å². The van der Waals surface area contributed by atoms with Gasteiger partial charge < -0.3 is 75.8 Å². The molecule has 1 aliphatic carbocycles. The van der Waals surface area contributed by atoms with Gasteiger partial charge >= 0.3 is 11.9 Å². The first kappa shape index (κ1) is 50.7. The normalized spacial score (nSPS) is 34.8. The molecule has 13 atom stereocenters. The average molecular weight is 905 g/mol. The van der Waals surface area contributed by atoms with Crippen molar-refractivity contribution < 1.29 is 85.4 Å². The van der Waals surface area contributed by atoms with Crippen LogP contribution in [0.4, 0.5) is 0 Å². The second-order valence-electron chi connectivity index (χ2n) is 15.2. The third-order valence-corrected chi connectivity index (χ3v) is 11.4. The molecule has 2 aromatic rings. The van der Waals surface area contributed by atoms with Gasteiger partial charge in [-0.1, -0.05) is 10.4 Å². The van der Waals surface area contributed by atoms with E-state index in [9.17, 15) is 9.59 Å². The van der Waals surface area contributed by atoms with Crippen molar-refractivity contribution in [2.45, 2.75) is 106 Å². The fourth-order valence-electron chi connectivity index (χ4n) is 8.50. The van der Waals surface area contributed by atoms with Crippen LogP contribution >= 0.6 is 0 Å². The summed E-state index contributed by atoms with van der Waals surface area (Å²) in [7, 11) is 15.2. The van der Waals surface area contributed by atoms with Gasteiger partial charge in [0.1, 0.15) is 99.2 Å². The second kappa shape index (κ2) is 24.8. The molecule has 4 heterocycles. The number of carbonyl (C=O) groups excluding carboxylic acids is 2. The van der Waals surface area contributed by atoms with E-state index in [0.29, 0.717) is 17.8 Å². The molecule has 24 heteroatoms. The highest BCUT2D eigenvalue weighted by Crippen LogP contribution is 2.42. The van der Waals surface area contributed by atoms with Crippen molar-refractivity contribution in [1.29, 1.82) is 0 Å². The van der Waals surface area contributed by atoms with Gasteiger partial charge in [0.15, 0.2) is 0 Å². The topological polar surface area (TPSA) is 243 Å². The molecule has 2 fully saturated rings. The second-order valence-corrected chi connectivity index (χ2v) is 15.2. The van der Waals surface area contributed by atoms with Crippen molar-refractivity contribution in [1.82, 2.24) is 30.0 Å². The minimum absolute atomic E-state index is 0.0249. The minimum atomic E-state index is -1.48. The van der Waals surface area contributed by atoms with Gasteiger partial charge in [-0.05, 0) is 6.42 Å². The molecule has 358 valence electrons. The molecule has 8 bridgehead atoms. The van der Waals surface area contributed by atoms with Gasteiger partial charge in [-0.2, -0.15) is 0 Å². The Kier molecular flexibility index (Phi) is 19.9. The third-order valence-electron chi connectivity index (χ3n) is 11.4. The molecule has 0 amide bonds. The number of aromatic nitrogens is 6. The monoisotopic (exact) mass is 904 g/mol. The summed E-state index contributed by atoms with van der Waals surface area (Å²) in [5.74, 6) is -2.97. The fraction of sp³-hybridized carbons (Fsp3) is 0.846. The number of carbonyl (C=O) groups is 2. The highest BCUT2D eigenvalue weighted by molar-refractivity contribution is 5.69. The minimum Gasteiger partial charge on any atom is -0.461 e. The molecule has 2 aliphatic heterocycles. The van der Waals surface area contributed by atoms with E-state index in [1.165, 1.54) is 52.0 Å². The number of ether oxygens (including phenoxy) is 16. The maximum absolute atomic E-state index is 13.0. The molecule has 5 rings (SSSR count). The molecule has 0 N–H and O–H groups in total. The van der Waals surface area contributed by atoms with E-state index in [1.807, 2.05) is 0 Å². The first-order valence-corrected chi connectivity index (χ1v) is 20.4. The number of nitrogens with zero attached hydrogens (tertiary/aromatic N) is 6. The summed E-state index contributed by atoms with van der Waals surface area (Å²) in [6.45, 7) is -0.598. The van der Waals surface area contributed by atoms with E-state index in [1.54, 1.807) is 40.8 Å². The molecular weight excluding hydrogens is 840 g/mol. The van der Waals surface area contributed by atoms with Gasteiger partial charge in [0.05, 0.1) is 51.0 Å². The van der Waals surface area contributed by atoms with Crippen LogP contribution < -0.4 is 0 Å². The lowest BCUT2D eigenvalue weighted by Crippen LogP contribution is -2.61. The van der Waals surface area contributed by atoms with Crippen molar-refractivity contribution >= 4 is 11.9 Å². The summed E-state index contributed by atoms with van der Waals surface area (Å²) < 4.78 is 98.1. The average Bonchev–Trinajstić information content (AvgIpc) is 4.00. The molecule has 63 heavy (non-hydrogen) atoms. The van der Waals surface area contributed by atoms with E-state index in [2.05, 4.69) is 20.6 Å². The van der Waals surface area contributed by atoms with Gasteiger partial charge in [-0.15, -0.1) is 10.2 Å². The Balaban J connectivity index is 1.40. The number of hydrogen-bond acceptors (Lipinski definition) is 22. The van der Waals surface area contributed by atoms with E-state index in [4.69, 9.17) is 75.8 Å². The molecule has 0 radical (unpaired) electrons. The van der Waals surface area contributed by atoms with Crippen molar-refractivity contribution in [2.24, 2.45) is 5.92 Å². The first-order chi connectivity index (χ1) is 30.5. The number of methoxy groups -OCH3 is 10. The van der Waals surface area contributed by atoms with Gasteiger partial charge in [0, 0.05) is 77.0 Å². The highest BCUT2D eigenvalue weighted by Gasteiger charge is 2.60. The van der Waals surface area contributed by atoms with Crippen molar-refractivity contribution in [3.8, 4) is 0 Å². The predicted molar refractivity (Wildman–Crippen MR) is 211 cm³/mol. The largest absolute Gasteiger partial charge is 0.461 e. The number of cyclic esters (lactones) is 2. The number of esters is 2. The van der Waals surface area contributed by atoms with Crippen LogP contribution in [0.25, 0.3) is 0 Å². The zero-order chi connectivity index (χ0) is 45.5. The molecule has 1 saturated heterocycles. The van der Waals surface area contributed by atoms with Crippen LogP contribution in [0.1, 0.15) is 17.8 Å². The number of hydrogen-bond donors (Lipinski definition) is 0. The van der Waals surface area contributed by atoms with E-state index in [0.717, 1.165) is 0 Å². The smallest absolute Gasteiger partial charge is 0.327 e. The number of fused-ring (bicyclic) bond motifs is 8. The predicted octanol–water partition coefficient (Wildman–Crippen LogP) is -1.02. The van der Waals surface area contributed by atoms with Gasteiger partial charge in [0.2, 0.25) is 5.79 Å². The van der Waals surface area contributed by atoms with Crippen LogP contribution in [-0.4, -0.2) is 219 Å². The lowest BCUT2D eigenvalue weighted by Gasteiger charge is -2.47. The zero-order valence-corrected chi connectivity index (χ0v) is 37.7. The van der Waals surface area contributed by atoms with E-state index in [-0.39, 0.29) is 65.3 Å². The maximum Gasteiger partial charge on any atom is 0.327 e. The van der Waals surface area contributed by atoms with Crippen molar-refractivity contribution in [2.75, 3.05) is 104 Å². The summed E-state index contributed by atoms with van der Waals surface area (Å²) in [4.78, 5) is 26.0. The molecule has 2 aromatic heterocycles. The fourth-order valence-corrected chi connectivity index (χ4v) is 8.50. The Morgan fingerprint density at radius 1 is 0.571 bits per heavy atom. The summed E-state index contributed by atoms with van der Waals surface area (Å²) in [5, 5.41) is 16.5. The van der Waals surface area contributed by atoms with Crippen LogP contribution in [0.3, 0.4) is 0 Å². The van der Waals surface area contributed by atoms with Crippen molar-refractivity contribution in [3.63, 3.8) is 0 Å². The van der Waals surface area contributed by atoms with Gasteiger partial charge in [-0.3, -0.25) is 9.59 Å². The van der Waals surface area contributed by atoms with Crippen LogP contribution in [0.15, 0.2) is 12.4 Å². The summed E-state index contributed by atoms with van der Waals surface area (Å²) in [6, 6.07) is 0. The standard InChI is InChI=1S/C39H64N6O18/c1-48-22-39-38(57-10)36(55-8)29(63-39)19-59-18-25-13-45(43-41-25)15-31(47)61-21-28(50-3)35(54-7)34(53-6)27(49-2)20-60-30(46)14-44-12-24(40-42-44)17-58-16-23-11-26(62-39)33(52-5)37(56-9)32(23)51-4/h12-13,23,26-29,32-38H,11,14-22H2,1-10H3/t23-,26+,27+,28+,29-,32-,33+,34+,35+,36-,37+,38+,39-/m0/s1. The molecular formula is C39H64N6O18. The Bertz CT molecular complexity index is 1660. The summed E-state index contributed by atoms with van der Waals surface area (Å²) >= 11 is 0. The Hall–Kier alpha value is -3.34. The van der Waals surface area contributed by atoms with Gasteiger partial charge in [0.25, 0.3) is 0 Å². The summed E-state index contributed by atoms with van der Waals surface area (Å²) in [6.07, 6.45) is -4.08. The summed E-state index contributed by atoms with van der Waals surface area (Å²) in [5.41, 5.74) is 0.916. The molecule has 3 aliphatic rings. The van der Waals surface area contributed by atoms with Crippen LogP contribution in [0, 0.1) is 5.92 Å². The Labute approximate surface area is 366 Å². The molecule has 0 aromatic carbocycles. The highest BCUT2D eigenvalue weighted by atomic mass is 16.8. The van der Waals surface area contributed by atoms with E-state index < -0.39 is 84.9 Å². The van der Waals surface area contributed by atoms with E-state index >= 15 is 0 Å². The lowest BCUT2D eigenvalue weighted by molar-refractivity contribution is -0.328. The van der Waals surface area contributed by atoms with Crippen LogP contribution in [0.2, 0.25) is 0 Å². The molecule has 24 nitrogen and oxygen atoms in total. The lowest BCUT2D eigenvalue weighted by atomic mass is 9.80. The van der Waals surface area contributed by atoms with Crippen molar-refractivity contribution in [3.05, 3.63) is 23.8 Å². The quantitative estimate of drug-likeness (QED) is 0.245. The third kappa shape index (κ3) is 12.5. The maximum atomic E-state index is 13.0. The molecule has 0 unspecified atom stereocenters. The molecule has 0 spiro atoms. The Morgan fingerprint density at radius 2 is 1.06 bits per heavy atom. The molecule has 1 saturated carbocycles. The Morgan fingerprint density at radius 3 is 1.52 bits per heavy atom. The zero-order valence-electron chi connectivity index (χ0n) is 37.7. The first-order valence-electron chi connectivity index (χ1n) is 20.4. The SMILES string of the molecule is COC[C@@]12O[C@@H](COCc3cn(nn3)CC(=O)OC[C@@H](OC)[C@@H](OC)[C@H](OC)[C@H](OC)COC(=O)Cn3cc(nn3)COC[C@@H]3C[C@@H](O1)[C@@H](OC)[C@H](OC)[C@H]3OC)[C@H](OC)[C@H]2OC.